The van der Waals surface area contributed by atoms with Gasteiger partial charge in [-0.3, -0.25) is 4.79 Å². The third kappa shape index (κ3) is 2.94. The van der Waals surface area contributed by atoms with Gasteiger partial charge in [0, 0.05) is 0 Å². The van der Waals surface area contributed by atoms with E-state index in [0.29, 0.717) is 11.1 Å². The highest BCUT2D eigenvalue weighted by Crippen LogP contribution is 2.36. The van der Waals surface area contributed by atoms with Crippen LogP contribution in [0.3, 0.4) is 0 Å². The molecule has 3 aromatic carbocycles. The average molecular weight is 407 g/mol. The van der Waals surface area contributed by atoms with Crippen LogP contribution >= 0.6 is 0 Å². The first-order valence-electron chi connectivity index (χ1n) is 9.44. The highest BCUT2D eigenvalue weighted by Gasteiger charge is 2.39. The molecule has 0 fully saturated rings. The number of rotatable bonds is 2. The van der Waals surface area contributed by atoms with Crippen molar-refractivity contribution in [2.45, 2.75) is 18.6 Å². The van der Waals surface area contributed by atoms with Gasteiger partial charge in [0.15, 0.2) is 0 Å². The first-order valence-corrected chi connectivity index (χ1v) is 9.44. The van der Waals surface area contributed by atoms with E-state index in [4.69, 9.17) is 0 Å². The van der Waals surface area contributed by atoms with Crippen molar-refractivity contribution in [1.29, 1.82) is 0 Å². The van der Waals surface area contributed by atoms with Crippen LogP contribution in [-0.4, -0.2) is 9.66 Å². The molecule has 1 aliphatic carbocycles. The molecule has 150 valence electrons. The lowest BCUT2D eigenvalue weighted by Crippen LogP contribution is -2.39. The van der Waals surface area contributed by atoms with Crippen LogP contribution in [0, 0.1) is 0 Å². The van der Waals surface area contributed by atoms with E-state index in [0.717, 1.165) is 22.3 Å². The number of hydrogen-bond donors (Lipinski definition) is 1. The molecule has 0 saturated heterocycles. The minimum atomic E-state index is -4.80. The summed E-state index contributed by atoms with van der Waals surface area (Å²) in [5.41, 5.74) is 5.76. The fraction of sp³-hybridized carbons (Fsp3) is 0.130. The van der Waals surface area contributed by atoms with Gasteiger partial charge in [0.25, 0.3) is 5.56 Å². The zero-order chi connectivity index (χ0) is 20.9. The first kappa shape index (κ1) is 18.4. The molecule has 1 aromatic heterocycles. The van der Waals surface area contributed by atoms with Gasteiger partial charge in [-0.1, -0.05) is 60.7 Å². The van der Waals surface area contributed by atoms with E-state index in [1.165, 1.54) is 12.1 Å². The van der Waals surface area contributed by atoms with Gasteiger partial charge in [-0.25, -0.2) is 4.98 Å². The van der Waals surface area contributed by atoms with E-state index < -0.39 is 23.6 Å². The predicted molar refractivity (Wildman–Crippen MR) is 108 cm³/mol. The summed E-state index contributed by atoms with van der Waals surface area (Å²) in [4.78, 5) is 16.8. The predicted octanol–water partition coefficient (Wildman–Crippen LogP) is 4.65. The molecule has 1 N–H and O–H groups in total. The second-order valence-electron chi connectivity index (χ2n) is 7.23. The Morgan fingerprint density at radius 2 is 1.43 bits per heavy atom. The zero-order valence-corrected chi connectivity index (χ0v) is 15.6. The van der Waals surface area contributed by atoms with E-state index in [-0.39, 0.29) is 10.9 Å². The summed E-state index contributed by atoms with van der Waals surface area (Å²) in [5.74, 6) is -1.27. The number of benzene rings is 3. The summed E-state index contributed by atoms with van der Waals surface area (Å²) in [7, 11) is 0. The maximum atomic E-state index is 13.8. The Labute approximate surface area is 169 Å². The second-order valence-corrected chi connectivity index (χ2v) is 7.23. The maximum absolute atomic E-state index is 13.8. The highest BCUT2D eigenvalue weighted by molar-refractivity contribution is 5.77. The number of nitrogens with zero attached hydrogens (tertiary/aromatic N) is 2. The summed E-state index contributed by atoms with van der Waals surface area (Å²) in [6, 6.07) is 20.5. The summed E-state index contributed by atoms with van der Waals surface area (Å²) < 4.78 is 42.1. The fourth-order valence-corrected chi connectivity index (χ4v) is 4.04. The topological polar surface area (TPSA) is 46.9 Å². The number of alkyl halides is 3. The van der Waals surface area contributed by atoms with Crippen LogP contribution < -0.4 is 11.0 Å². The van der Waals surface area contributed by atoms with Gasteiger partial charge < -0.3 is 5.43 Å². The number of aromatic nitrogens is 2. The smallest absolute Gasteiger partial charge is 0.309 e. The molecule has 4 aromatic rings. The molecular weight excluding hydrogens is 391 g/mol. The van der Waals surface area contributed by atoms with Crippen molar-refractivity contribution in [2.24, 2.45) is 0 Å². The van der Waals surface area contributed by atoms with E-state index in [1.807, 2.05) is 48.5 Å². The van der Waals surface area contributed by atoms with Gasteiger partial charge in [0.05, 0.1) is 16.9 Å². The van der Waals surface area contributed by atoms with Crippen LogP contribution in [0.4, 0.5) is 13.2 Å². The monoisotopic (exact) mass is 407 g/mol. The third-order valence-electron chi connectivity index (χ3n) is 5.40. The lowest BCUT2D eigenvalue weighted by atomic mass is 9.83. The number of halogens is 3. The molecule has 0 aliphatic heterocycles. The molecule has 30 heavy (non-hydrogen) atoms. The Morgan fingerprint density at radius 1 is 0.867 bits per heavy atom. The Morgan fingerprint density at radius 3 is 2.07 bits per heavy atom. The standard InChI is InChI=1S/C23H16F3N3O/c24-23(25,26)22-27-19-12-6-5-11-18(19)21(30)29(22)28-20-16-9-3-1-7-14(16)13-15-8-2-4-10-17(15)20/h1-12,20,28H,13H2. The van der Waals surface area contributed by atoms with Crippen molar-refractivity contribution >= 4 is 10.9 Å². The molecule has 0 spiro atoms. The summed E-state index contributed by atoms with van der Waals surface area (Å²) in [5, 5.41) is 0.121. The fourth-order valence-electron chi connectivity index (χ4n) is 4.04. The second kappa shape index (κ2) is 6.73. The minimum absolute atomic E-state index is 0.0114. The van der Waals surface area contributed by atoms with Gasteiger partial charge >= 0.3 is 6.18 Å². The molecule has 5 rings (SSSR count). The summed E-state index contributed by atoms with van der Waals surface area (Å²) >= 11 is 0. The van der Waals surface area contributed by atoms with Crippen molar-refractivity contribution in [3.8, 4) is 0 Å². The van der Waals surface area contributed by atoms with Gasteiger partial charge in [-0.15, -0.1) is 0 Å². The first-order chi connectivity index (χ1) is 14.4. The molecule has 0 bridgehead atoms. The van der Waals surface area contributed by atoms with Gasteiger partial charge in [0.2, 0.25) is 5.82 Å². The molecule has 0 saturated carbocycles. The van der Waals surface area contributed by atoms with E-state index in [2.05, 4.69) is 10.4 Å². The Hall–Kier alpha value is -3.61. The molecular formula is C23H16F3N3O. The summed E-state index contributed by atoms with van der Waals surface area (Å²) in [6.07, 6.45) is -4.12. The number of fused-ring (bicyclic) bond motifs is 3. The van der Waals surface area contributed by atoms with Crippen LogP contribution in [0.5, 0.6) is 0 Å². The quantitative estimate of drug-likeness (QED) is 0.526. The Balaban J connectivity index is 1.74. The molecule has 0 atom stereocenters. The van der Waals surface area contributed by atoms with Crippen LogP contribution in [0.15, 0.2) is 77.6 Å². The minimum Gasteiger partial charge on any atom is -0.309 e. The number of para-hydroxylation sites is 1. The third-order valence-corrected chi connectivity index (χ3v) is 5.40. The number of hydrogen-bond acceptors (Lipinski definition) is 3. The van der Waals surface area contributed by atoms with Gasteiger partial charge in [-0.05, 0) is 40.8 Å². The van der Waals surface area contributed by atoms with Crippen LogP contribution in [0.2, 0.25) is 0 Å². The average Bonchev–Trinajstić information content (AvgIpc) is 2.74. The van der Waals surface area contributed by atoms with E-state index in [9.17, 15) is 18.0 Å². The molecule has 7 heteroatoms. The van der Waals surface area contributed by atoms with Crippen molar-refractivity contribution in [3.05, 3.63) is 111 Å². The van der Waals surface area contributed by atoms with Crippen LogP contribution in [-0.2, 0) is 12.6 Å². The van der Waals surface area contributed by atoms with E-state index in [1.54, 1.807) is 12.1 Å². The zero-order valence-electron chi connectivity index (χ0n) is 15.6. The van der Waals surface area contributed by atoms with Crippen molar-refractivity contribution in [2.75, 3.05) is 5.43 Å². The Bertz CT molecular complexity index is 1280. The van der Waals surface area contributed by atoms with Crippen molar-refractivity contribution < 1.29 is 13.2 Å². The molecule has 4 nitrogen and oxygen atoms in total. The summed E-state index contributed by atoms with van der Waals surface area (Å²) in [6.45, 7) is 0. The van der Waals surface area contributed by atoms with E-state index >= 15 is 0 Å². The van der Waals surface area contributed by atoms with Gasteiger partial charge in [-0.2, -0.15) is 17.8 Å². The molecule has 1 heterocycles. The van der Waals surface area contributed by atoms with Crippen molar-refractivity contribution in [1.82, 2.24) is 9.66 Å². The lowest BCUT2D eigenvalue weighted by Gasteiger charge is -2.31. The molecule has 0 unspecified atom stereocenters. The molecule has 0 amide bonds. The lowest BCUT2D eigenvalue weighted by molar-refractivity contribution is -0.147. The van der Waals surface area contributed by atoms with Crippen LogP contribution in [0.1, 0.15) is 34.1 Å². The highest BCUT2D eigenvalue weighted by atomic mass is 19.4. The number of nitrogens with one attached hydrogen (secondary N) is 1. The molecule has 0 radical (unpaired) electrons. The largest absolute Gasteiger partial charge is 0.451 e. The normalized spacial score (nSPS) is 13.7. The van der Waals surface area contributed by atoms with Gasteiger partial charge in [0.1, 0.15) is 0 Å². The SMILES string of the molecule is O=c1c2ccccc2nc(C(F)(F)F)n1NC1c2ccccc2Cc2ccccc21. The van der Waals surface area contributed by atoms with Crippen molar-refractivity contribution in [3.63, 3.8) is 0 Å². The maximum Gasteiger partial charge on any atom is 0.451 e. The molecule has 1 aliphatic rings. The Kier molecular flexibility index (Phi) is 4.13. The van der Waals surface area contributed by atoms with Crippen LogP contribution in [0.25, 0.3) is 10.9 Å².